The van der Waals surface area contributed by atoms with Gasteiger partial charge in [-0.3, -0.25) is 0 Å². The van der Waals surface area contributed by atoms with Crippen molar-refractivity contribution in [2.24, 2.45) is 0 Å². The highest BCUT2D eigenvalue weighted by atomic mass is 19.1. The van der Waals surface area contributed by atoms with Crippen LogP contribution in [0.2, 0.25) is 0 Å². The maximum absolute atomic E-state index is 13.3. The number of nitrogens with one attached hydrogen (secondary N) is 1. The van der Waals surface area contributed by atoms with E-state index >= 15 is 0 Å². The number of nitriles is 1. The molecule has 4 nitrogen and oxygen atoms in total. The predicted molar refractivity (Wildman–Crippen MR) is 60.8 cm³/mol. The molecular weight excluding hydrogens is 223 g/mol. The van der Waals surface area contributed by atoms with E-state index in [1.165, 1.54) is 18.2 Å². The second-order valence-corrected chi connectivity index (χ2v) is 3.39. The lowest BCUT2D eigenvalue weighted by molar-refractivity contribution is -0.143. The van der Waals surface area contributed by atoms with E-state index < -0.39 is 17.8 Å². The molecule has 1 unspecified atom stereocenters. The molecule has 0 aromatic heterocycles. The van der Waals surface area contributed by atoms with Crippen LogP contribution < -0.4 is 5.32 Å². The number of rotatable bonds is 4. The van der Waals surface area contributed by atoms with Crippen LogP contribution in [-0.4, -0.2) is 18.6 Å². The number of benzene rings is 1. The van der Waals surface area contributed by atoms with Crippen LogP contribution in [0.25, 0.3) is 0 Å². The molecule has 1 atom stereocenters. The average Bonchev–Trinajstić information content (AvgIpc) is 2.29. The number of carbonyl (C=O) groups excluding carboxylic acids is 1. The van der Waals surface area contributed by atoms with Crippen LogP contribution in [0.3, 0.4) is 0 Å². The average molecular weight is 236 g/mol. The second-order valence-electron chi connectivity index (χ2n) is 3.39. The van der Waals surface area contributed by atoms with E-state index in [0.717, 1.165) is 0 Å². The smallest absolute Gasteiger partial charge is 0.328 e. The Morgan fingerprint density at radius 2 is 2.35 bits per heavy atom. The Kier molecular flexibility index (Phi) is 4.46. The monoisotopic (exact) mass is 236 g/mol. The normalized spacial score (nSPS) is 11.4. The molecule has 0 aliphatic carbocycles. The van der Waals surface area contributed by atoms with Gasteiger partial charge in [0, 0.05) is 0 Å². The first-order valence-corrected chi connectivity index (χ1v) is 5.22. The van der Waals surface area contributed by atoms with Gasteiger partial charge in [-0.2, -0.15) is 5.26 Å². The molecule has 0 aliphatic heterocycles. The van der Waals surface area contributed by atoms with Crippen LogP contribution in [0.5, 0.6) is 0 Å². The summed E-state index contributed by atoms with van der Waals surface area (Å²) in [5.41, 5.74) is 0.178. The second kappa shape index (κ2) is 5.85. The van der Waals surface area contributed by atoms with Crippen molar-refractivity contribution in [3.63, 3.8) is 0 Å². The number of anilines is 1. The number of hydrogen-bond donors (Lipinski definition) is 1. The minimum atomic E-state index is -0.635. The third kappa shape index (κ3) is 3.18. The van der Waals surface area contributed by atoms with Gasteiger partial charge >= 0.3 is 5.97 Å². The van der Waals surface area contributed by atoms with Crippen LogP contribution in [0.4, 0.5) is 10.1 Å². The van der Waals surface area contributed by atoms with Gasteiger partial charge in [-0.15, -0.1) is 0 Å². The molecule has 0 radical (unpaired) electrons. The van der Waals surface area contributed by atoms with Gasteiger partial charge in [0.2, 0.25) is 0 Å². The van der Waals surface area contributed by atoms with Gasteiger partial charge in [-0.25, -0.2) is 9.18 Å². The molecule has 0 bridgehead atoms. The molecule has 90 valence electrons. The molecule has 17 heavy (non-hydrogen) atoms. The molecular formula is C12H13FN2O2. The predicted octanol–water partition coefficient (Wildman–Crippen LogP) is 2.06. The van der Waals surface area contributed by atoms with E-state index in [4.69, 9.17) is 10.00 Å². The third-order valence-corrected chi connectivity index (χ3v) is 2.14. The minimum Gasteiger partial charge on any atom is -0.464 e. The summed E-state index contributed by atoms with van der Waals surface area (Å²) >= 11 is 0. The van der Waals surface area contributed by atoms with Gasteiger partial charge in [0.1, 0.15) is 23.5 Å². The van der Waals surface area contributed by atoms with Gasteiger partial charge < -0.3 is 10.1 Å². The molecule has 0 amide bonds. The molecule has 1 rings (SSSR count). The van der Waals surface area contributed by atoms with Crippen molar-refractivity contribution in [1.82, 2.24) is 0 Å². The molecule has 1 aromatic carbocycles. The fourth-order valence-corrected chi connectivity index (χ4v) is 1.32. The molecule has 0 aliphatic rings. The van der Waals surface area contributed by atoms with Crippen molar-refractivity contribution in [3.05, 3.63) is 29.6 Å². The van der Waals surface area contributed by atoms with Crippen molar-refractivity contribution < 1.29 is 13.9 Å². The molecule has 0 saturated heterocycles. The van der Waals surface area contributed by atoms with Crippen molar-refractivity contribution in [2.75, 3.05) is 11.9 Å². The molecule has 0 heterocycles. The summed E-state index contributed by atoms with van der Waals surface area (Å²) in [7, 11) is 0. The topological polar surface area (TPSA) is 62.1 Å². The lowest BCUT2D eigenvalue weighted by Gasteiger charge is -2.14. The van der Waals surface area contributed by atoms with Crippen molar-refractivity contribution in [3.8, 4) is 6.07 Å². The maximum Gasteiger partial charge on any atom is 0.328 e. The van der Waals surface area contributed by atoms with Crippen molar-refractivity contribution in [2.45, 2.75) is 19.9 Å². The number of carbonyl (C=O) groups is 1. The Bertz CT molecular complexity index is 454. The lowest BCUT2D eigenvalue weighted by Crippen LogP contribution is -2.28. The first kappa shape index (κ1) is 13.0. The fourth-order valence-electron chi connectivity index (χ4n) is 1.32. The summed E-state index contributed by atoms with van der Waals surface area (Å²) in [4.78, 5) is 11.4. The molecule has 0 fully saturated rings. The van der Waals surface area contributed by atoms with Crippen LogP contribution in [0.15, 0.2) is 18.2 Å². The van der Waals surface area contributed by atoms with Crippen molar-refractivity contribution >= 4 is 11.7 Å². The summed E-state index contributed by atoms with van der Waals surface area (Å²) in [6.07, 6.45) is 0. The van der Waals surface area contributed by atoms with E-state index in [2.05, 4.69) is 5.32 Å². The molecule has 5 heteroatoms. The zero-order valence-electron chi connectivity index (χ0n) is 9.66. The first-order valence-electron chi connectivity index (χ1n) is 5.22. The Labute approximate surface area is 99.0 Å². The number of nitrogens with zero attached hydrogens (tertiary/aromatic N) is 1. The van der Waals surface area contributed by atoms with E-state index in [0.29, 0.717) is 0 Å². The Hall–Kier alpha value is -2.09. The highest BCUT2D eigenvalue weighted by molar-refractivity contribution is 5.79. The molecule has 1 aromatic rings. The number of ether oxygens (including phenoxy) is 1. The Balaban J connectivity index is 2.86. The van der Waals surface area contributed by atoms with Gasteiger partial charge in [0.05, 0.1) is 12.3 Å². The largest absolute Gasteiger partial charge is 0.464 e. The van der Waals surface area contributed by atoms with Gasteiger partial charge in [-0.1, -0.05) is 6.07 Å². The number of hydrogen-bond acceptors (Lipinski definition) is 4. The maximum atomic E-state index is 13.3. The summed E-state index contributed by atoms with van der Waals surface area (Å²) < 4.78 is 18.1. The van der Waals surface area contributed by atoms with Crippen molar-refractivity contribution in [1.29, 1.82) is 5.26 Å². The number of esters is 1. The first-order chi connectivity index (χ1) is 8.10. The van der Waals surface area contributed by atoms with Gasteiger partial charge in [0.15, 0.2) is 0 Å². The van der Waals surface area contributed by atoms with Crippen LogP contribution in [-0.2, 0) is 9.53 Å². The Morgan fingerprint density at radius 3 is 2.94 bits per heavy atom. The van der Waals surface area contributed by atoms with E-state index in [9.17, 15) is 9.18 Å². The van der Waals surface area contributed by atoms with Crippen LogP contribution in [0, 0.1) is 17.1 Å². The lowest BCUT2D eigenvalue weighted by atomic mass is 10.1. The van der Waals surface area contributed by atoms with E-state index in [1.807, 2.05) is 0 Å². The zero-order valence-corrected chi connectivity index (χ0v) is 9.66. The van der Waals surface area contributed by atoms with E-state index in [-0.39, 0.29) is 17.9 Å². The molecule has 0 spiro atoms. The summed E-state index contributed by atoms with van der Waals surface area (Å²) in [6.45, 7) is 3.57. The zero-order chi connectivity index (χ0) is 12.8. The summed E-state index contributed by atoms with van der Waals surface area (Å²) in [5, 5.41) is 11.6. The SMILES string of the molecule is CCOC(=O)C(C)Nc1cccc(F)c1C#N. The quantitative estimate of drug-likeness (QED) is 0.813. The van der Waals surface area contributed by atoms with Gasteiger partial charge in [0.25, 0.3) is 0 Å². The third-order valence-electron chi connectivity index (χ3n) is 2.14. The fraction of sp³-hybridized carbons (Fsp3) is 0.333. The highest BCUT2D eigenvalue weighted by Gasteiger charge is 2.16. The standard InChI is InChI=1S/C12H13FN2O2/c1-3-17-12(16)8(2)15-11-6-4-5-10(13)9(11)7-14/h4-6,8,15H,3H2,1-2H3. The van der Waals surface area contributed by atoms with Crippen LogP contribution >= 0.6 is 0 Å². The number of halogens is 1. The summed E-state index contributed by atoms with van der Waals surface area (Å²) in [6, 6.07) is 5.32. The van der Waals surface area contributed by atoms with Gasteiger partial charge in [-0.05, 0) is 26.0 Å². The molecule has 0 saturated carbocycles. The van der Waals surface area contributed by atoms with Crippen LogP contribution in [0.1, 0.15) is 19.4 Å². The van der Waals surface area contributed by atoms with E-state index in [1.54, 1.807) is 19.9 Å². The highest BCUT2D eigenvalue weighted by Crippen LogP contribution is 2.18. The Morgan fingerprint density at radius 1 is 1.65 bits per heavy atom. The minimum absolute atomic E-state index is 0.108. The molecule has 1 N–H and O–H groups in total. The summed E-state index contributed by atoms with van der Waals surface area (Å²) in [5.74, 6) is -1.06.